The van der Waals surface area contributed by atoms with Crippen LogP contribution < -0.4 is 5.32 Å². The zero-order valence-corrected chi connectivity index (χ0v) is 11.5. The third kappa shape index (κ3) is 2.99. The zero-order valence-electron chi connectivity index (χ0n) is 11.5. The minimum Gasteiger partial charge on any atom is -0.340 e. The maximum atomic E-state index is 12.4. The molecule has 0 aromatic carbocycles. The van der Waals surface area contributed by atoms with E-state index in [2.05, 4.69) is 19.2 Å². The molecule has 2 atom stereocenters. The Morgan fingerprint density at radius 1 is 1.35 bits per heavy atom. The lowest BCUT2D eigenvalue weighted by atomic mass is 9.92. The van der Waals surface area contributed by atoms with Crippen LogP contribution in [0.25, 0.3) is 0 Å². The van der Waals surface area contributed by atoms with E-state index in [9.17, 15) is 9.59 Å². The molecule has 1 heterocycles. The molecule has 1 saturated heterocycles. The molecule has 0 bridgehead atoms. The molecule has 0 spiro atoms. The fourth-order valence-electron chi connectivity index (χ4n) is 2.35. The number of hydrogen-bond donors (Lipinski definition) is 1. The van der Waals surface area contributed by atoms with Crippen molar-refractivity contribution in [2.45, 2.75) is 59.0 Å². The third-order valence-corrected chi connectivity index (χ3v) is 3.51. The van der Waals surface area contributed by atoms with Crippen LogP contribution in [0, 0.1) is 5.92 Å². The summed E-state index contributed by atoms with van der Waals surface area (Å²) in [7, 11) is 0. The summed E-state index contributed by atoms with van der Waals surface area (Å²) in [6.45, 7) is 10.2. The second-order valence-electron chi connectivity index (χ2n) is 5.65. The monoisotopic (exact) mass is 240 g/mol. The molecular formula is C13H24N2O2. The summed E-state index contributed by atoms with van der Waals surface area (Å²) in [5.41, 5.74) is -0.722. The number of rotatable bonds is 4. The summed E-state index contributed by atoms with van der Waals surface area (Å²) in [4.78, 5) is 25.8. The molecule has 0 saturated carbocycles. The van der Waals surface area contributed by atoms with E-state index in [0.29, 0.717) is 12.3 Å². The molecule has 0 aliphatic carbocycles. The third-order valence-electron chi connectivity index (χ3n) is 3.51. The van der Waals surface area contributed by atoms with Crippen molar-refractivity contribution in [3.05, 3.63) is 0 Å². The first-order valence-electron chi connectivity index (χ1n) is 6.42. The van der Waals surface area contributed by atoms with Gasteiger partial charge in [-0.25, -0.2) is 0 Å². The molecule has 2 unspecified atom stereocenters. The second-order valence-corrected chi connectivity index (χ2v) is 5.65. The van der Waals surface area contributed by atoms with Gasteiger partial charge in [0.15, 0.2) is 0 Å². The average Bonchev–Trinajstić information content (AvgIpc) is 2.22. The van der Waals surface area contributed by atoms with Crippen LogP contribution >= 0.6 is 0 Å². The minimum atomic E-state index is -0.722. The van der Waals surface area contributed by atoms with Crippen LogP contribution in [0.15, 0.2) is 0 Å². The molecule has 1 fully saturated rings. The van der Waals surface area contributed by atoms with Gasteiger partial charge in [0.1, 0.15) is 5.54 Å². The van der Waals surface area contributed by atoms with Gasteiger partial charge in [-0.05, 0) is 32.6 Å². The van der Waals surface area contributed by atoms with Gasteiger partial charge in [0.25, 0.3) is 0 Å². The summed E-state index contributed by atoms with van der Waals surface area (Å²) in [6.07, 6.45) is 1.56. The minimum absolute atomic E-state index is 0.0488. The normalized spacial score (nSPS) is 27.3. The van der Waals surface area contributed by atoms with Crippen LogP contribution in [-0.4, -0.2) is 34.8 Å². The standard InChI is InChI=1S/C13H24N2O2/c1-6-13(5)12(17)15(8-11(16)14-13)10(4)7-9(2)3/h9-10H,6-8H2,1-5H3,(H,14,16). The van der Waals surface area contributed by atoms with E-state index >= 15 is 0 Å². The predicted octanol–water partition coefficient (Wildman–Crippen LogP) is 1.55. The molecular weight excluding hydrogens is 216 g/mol. The van der Waals surface area contributed by atoms with Crippen LogP contribution in [0.5, 0.6) is 0 Å². The average molecular weight is 240 g/mol. The molecule has 1 aliphatic heterocycles. The summed E-state index contributed by atoms with van der Waals surface area (Å²) in [6, 6.07) is 0.124. The first-order chi connectivity index (χ1) is 7.80. The Morgan fingerprint density at radius 3 is 2.41 bits per heavy atom. The number of carbonyl (C=O) groups is 2. The summed E-state index contributed by atoms with van der Waals surface area (Å²) >= 11 is 0. The number of hydrogen-bond acceptors (Lipinski definition) is 2. The number of nitrogens with zero attached hydrogens (tertiary/aromatic N) is 1. The van der Waals surface area contributed by atoms with Crippen LogP contribution in [0.1, 0.15) is 47.5 Å². The highest BCUT2D eigenvalue weighted by Crippen LogP contribution is 2.22. The Hall–Kier alpha value is -1.06. The summed E-state index contributed by atoms with van der Waals surface area (Å²) in [5.74, 6) is 0.521. The number of nitrogens with one attached hydrogen (secondary N) is 1. The molecule has 0 aromatic rings. The Bertz CT molecular complexity index is 315. The molecule has 98 valence electrons. The van der Waals surface area contributed by atoms with Crippen molar-refractivity contribution >= 4 is 11.8 Å². The van der Waals surface area contributed by atoms with Crippen LogP contribution in [0.4, 0.5) is 0 Å². The molecule has 1 N–H and O–H groups in total. The van der Waals surface area contributed by atoms with E-state index in [4.69, 9.17) is 0 Å². The molecule has 2 amide bonds. The van der Waals surface area contributed by atoms with Crippen LogP contribution in [0.3, 0.4) is 0 Å². The molecule has 4 nitrogen and oxygen atoms in total. The maximum absolute atomic E-state index is 12.4. The van der Waals surface area contributed by atoms with Crippen LogP contribution in [0.2, 0.25) is 0 Å². The fraction of sp³-hybridized carbons (Fsp3) is 0.846. The topological polar surface area (TPSA) is 49.4 Å². The lowest BCUT2D eigenvalue weighted by Crippen LogP contribution is -2.66. The Labute approximate surface area is 104 Å². The summed E-state index contributed by atoms with van der Waals surface area (Å²) < 4.78 is 0. The number of carbonyl (C=O) groups excluding carboxylic acids is 2. The number of piperazine rings is 1. The van der Waals surface area contributed by atoms with Gasteiger partial charge in [0.05, 0.1) is 6.54 Å². The molecule has 0 aromatic heterocycles. The Morgan fingerprint density at radius 2 is 1.94 bits per heavy atom. The van der Waals surface area contributed by atoms with E-state index in [-0.39, 0.29) is 24.4 Å². The highest BCUT2D eigenvalue weighted by molar-refractivity contribution is 5.97. The van der Waals surface area contributed by atoms with Crippen molar-refractivity contribution < 1.29 is 9.59 Å². The van der Waals surface area contributed by atoms with Gasteiger partial charge >= 0.3 is 0 Å². The van der Waals surface area contributed by atoms with Gasteiger partial charge in [-0.2, -0.15) is 0 Å². The first kappa shape index (κ1) is 14.0. The Kier molecular flexibility index (Phi) is 4.17. The molecule has 1 rings (SSSR count). The van der Waals surface area contributed by atoms with Crippen molar-refractivity contribution in [2.24, 2.45) is 5.92 Å². The van der Waals surface area contributed by atoms with E-state index in [1.165, 1.54) is 0 Å². The lowest BCUT2D eigenvalue weighted by molar-refractivity contribution is -0.151. The van der Waals surface area contributed by atoms with E-state index in [0.717, 1.165) is 6.42 Å². The molecule has 1 aliphatic rings. The number of amides is 2. The molecule has 0 radical (unpaired) electrons. The smallest absolute Gasteiger partial charge is 0.248 e. The van der Waals surface area contributed by atoms with Gasteiger partial charge in [0, 0.05) is 6.04 Å². The quantitative estimate of drug-likeness (QED) is 0.810. The van der Waals surface area contributed by atoms with E-state index < -0.39 is 5.54 Å². The Balaban J connectivity index is 2.84. The van der Waals surface area contributed by atoms with E-state index in [1.807, 2.05) is 20.8 Å². The molecule has 17 heavy (non-hydrogen) atoms. The van der Waals surface area contributed by atoms with Crippen molar-refractivity contribution in [3.63, 3.8) is 0 Å². The largest absolute Gasteiger partial charge is 0.340 e. The van der Waals surface area contributed by atoms with Gasteiger partial charge < -0.3 is 10.2 Å². The van der Waals surface area contributed by atoms with Crippen molar-refractivity contribution in [3.8, 4) is 0 Å². The van der Waals surface area contributed by atoms with Crippen molar-refractivity contribution in [1.29, 1.82) is 0 Å². The van der Waals surface area contributed by atoms with Crippen molar-refractivity contribution in [1.82, 2.24) is 10.2 Å². The first-order valence-corrected chi connectivity index (χ1v) is 6.42. The summed E-state index contributed by atoms with van der Waals surface area (Å²) in [5, 5.41) is 2.80. The van der Waals surface area contributed by atoms with Gasteiger partial charge in [-0.1, -0.05) is 20.8 Å². The fourth-order valence-corrected chi connectivity index (χ4v) is 2.35. The van der Waals surface area contributed by atoms with E-state index in [1.54, 1.807) is 4.90 Å². The second kappa shape index (κ2) is 5.07. The van der Waals surface area contributed by atoms with Crippen LogP contribution in [-0.2, 0) is 9.59 Å². The van der Waals surface area contributed by atoms with Gasteiger partial charge in [0.2, 0.25) is 11.8 Å². The lowest BCUT2D eigenvalue weighted by Gasteiger charge is -2.42. The van der Waals surface area contributed by atoms with Crippen molar-refractivity contribution in [2.75, 3.05) is 6.54 Å². The van der Waals surface area contributed by atoms with Gasteiger partial charge in [-0.3, -0.25) is 9.59 Å². The zero-order chi connectivity index (χ0) is 13.2. The SMILES string of the molecule is CCC1(C)NC(=O)CN(C(C)CC(C)C)C1=O. The predicted molar refractivity (Wildman–Crippen MR) is 67.5 cm³/mol. The highest BCUT2D eigenvalue weighted by Gasteiger charge is 2.42. The van der Waals surface area contributed by atoms with Gasteiger partial charge in [-0.15, -0.1) is 0 Å². The highest BCUT2D eigenvalue weighted by atomic mass is 16.2. The molecule has 4 heteroatoms. The maximum Gasteiger partial charge on any atom is 0.248 e.